The summed E-state index contributed by atoms with van der Waals surface area (Å²) in [4.78, 5) is 27.2. The van der Waals surface area contributed by atoms with Crippen molar-refractivity contribution in [2.75, 3.05) is 11.1 Å². The zero-order valence-corrected chi connectivity index (χ0v) is 18.7. The van der Waals surface area contributed by atoms with Crippen molar-refractivity contribution in [3.05, 3.63) is 93.8 Å². The molecule has 0 aliphatic carbocycles. The van der Waals surface area contributed by atoms with Crippen molar-refractivity contribution >= 4 is 40.6 Å². The number of hydrogen-bond donors (Lipinski definition) is 1. The molecule has 0 aliphatic heterocycles. The number of nitrogens with zero attached hydrogens (tertiary/aromatic N) is 5. The van der Waals surface area contributed by atoms with Crippen LogP contribution in [-0.4, -0.2) is 36.3 Å². The third-order valence-electron chi connectivity index (χ3n) is 4.60. The summed E-state index contributed by atoms with van der Waals surface area (Å²) in [7, 11) is 0. The molecule has 1 amide bonds. The van der Waals surface area contributed by atoms with Crippen LogP contribution in [0.25, 0.3) is 11.4 Å². The zero-order chi connectivity index (χ0) is 23.2. The lowest BCUT2D eigenvalue weighted by molar-refractivity contribution is -0.383. The molecule has 0 unspecified atom stereocenters. The second kappa shape index (κ2) is 10.2. The summed E-state index contributed by atoms with van der Waals surface area (Å²) in [6, 6.07) is 17.6. The highest BCUT2D eigenvalue weighted by atomic mass is 35.5. The Kier molecular flexibility index (Phi) is 6.96. The topological polar surface area (TPSA) is 116 Å². The van der Waals surface area contributed by atoms with Crippen molar-refractivity contribution in [2.24, 2.45) is 0 Å². The molecule has 0 radical (unpaired) electrons. The van der Waals surface area contributed by atoms with Crippen LogP contribution in [0.15, 0.2) is 78.2 Å². The Bertz CT molecular complexity index is 1280. The molecule has 2 aromatic heterocycles. The molecule has 2 aromatic carbocycles. The van der Waals surface area contributed by atoms with Crippen LogP contribution in [0.5, 0.6) is 0 Å². The van der Waals surface area contributed by atoms with Crippen LogP contribution in [0.4, 0.5) is 11.4 Å². The summed E-state index contributed by atoms with van der Waals surface area (Å²) >= 11 is 7.02. The number of thioether (sulfide) groups is 1. The van der Waals surface area contributed by atoms with Gasteiger partial charge in [0.05, 0.1) is 17.2 Å². The predicted molar refractivity (Wildman–Crippen MR) is 126 cm³/mol. The minimum absolute atomic E-state index is 0.0109. The van der Waals surface area contributed by atoms with Gasteiger partial charge in [-0.25, -0.2) is 0 Å². The van der Waals surface area contributed by atoms with Crippen LogP contribution in [-0.2, 0) is 11.3 Å². The van der Waals surface area contributed by atoms with Crippen LogP contribution in [0.2, 0.25) is 5.02 Å². The third-order valence-corrected chi connectivity index (χ3v) is 5.80. The fraction of sp³-hybridized carbons (Fsp3) is 0.0909. The third kappa shape index (κ3) is 5.54. The number of carbonyl (C=O) groups excluding carboxylic acids is 1. The molecule has 0 spiro atoms. The van der Waals surface area contributed by atoms with E-state index in [-0.39, 0.29) is 22.2 Å². The Morgan fingerprint density at radius 3 is 2.58 bits per heavy atom. The van der Waals surface area contributed by atoms with Gasteiger partial charge >= 0.3 is 0 Å². The first-order valence-electron chi connectivity index (χ1n) is 9.75. The molecule has 11 heteroatoms. The van der Waals surface area contributed by atoms with Gasteiger partial charge in [0.25, 0.3) is 5.69 Å². The number of nitro benzene ring substituents is 1. The lowest BCUT2D eigenvalue weighted by Gasteiger charge is -2.11. The molecule has 33 heavy (non-hydrogen) atoms. The molecular weight excluding hydrogens is 464 g/mol. The maximum Gasteiger partial charge on any atom is 0.294 e. The van der Waals surface area contributed by atoms with Gasteiger partial charge in [-0.3, -0.25) is 24.5 Å². The van der Waals surface area contributed by atoms with E-state index in [0.717, 1.165) is 11.1 Å². The first kappa shape index (κ1) is 22.4. The fourth-order valence-corrected chi connectivity index (χ4v) is 4.00. The molecule has 0 bridgehead atoms. The van der Waals surface area contributed by atoms with Crippen molar-refractivity contribution < 1.29 is 9.72 Å². The summed E-state index contributed by atoms with van der Waals surface area (Å²) in [6.07, 6.45) is 3.35. The average molecular weight is 481 g/mol. The molecule has 0 saturated carbocycles. The van der Waals surface area contributed by atoms with Crippen LogP contribution in [0.3, 0.4) is 0 Å². The average Bonchev–Trinajstić information content (AvgIpc) is 3.22. The Balaban J connectivity index is 1.54. The van der Waals surface area contributed by atoms with Gasteiger partial charge in [0, 0.05) is 29.0 Å². The summed E-state index contributed by atoms with van der Waals surface area (Å²) in [5, 5.41) is 23.2. The number of amides is 1. The second-order valence-corrected chi connectivity index (χ2v) is 8.25. The highest BCUT2D eigenvalue weighted by Crippen LogP contribution is 2.29. The molecule has 4 rings (SSSR count). The second-order valence-electron chi connectivity index (χ2n) is 6.87. The van der Waals surface area contributed by atoms with Crippen molar-refractivity contribution in [3.63, 3.8) is 0 Å². The number of pyridine rings is 1. The molecule has 2 heterocycles. The smallest absolute Gasteiger partial charge is 0.294 e. The molecule has 1 N–H and O–H groups in total. The minimum atomic E-state index is -0.591. The van der Waals surface area contributed by atoms with Gasteiger partial charge < -0.3 is 5.32 Å². The van der Waals surface area contributed by atoms with Gasteiger partial charge in [-0.15, -0.1) is 10.2 Å². The van der Waals surface area contributed by atoms with Crippen LogP contribution in [0.1, 0.15) is 5.56 Å². The predicted octanol–water partition coefficient (Wildman–Crippen LogP) is 4.68. The van der Waals surface area contributed by atoms with Gasteiger partial charge in [-0.05, 0) is 29.8 Å². The first-order chi connectivity index (χ1) is 16.0. The van der Waals surface area contributed by atoms with Crippen molar-refractivity contribution in [1.82, 2.24) is 19.7 Å². The molecule has 0 atom stereocenters. The van der Waals surface area contributed by atoms with Crippen molar-refractivity contribution in [2.45, 2.75) is 11.7 Å². The summed E-state index contributed by atoms with van der Waals surface area (Å²) < 4.78 is 1.92. The Labute approximate surface area is 198 Å². The zero-order valence-electron chi connectivity index (χ0n) is 17.1. The van der Waals surface area contributed by atoms with Crippen LogP contribution >= 0.6 is 23.4 Å². The van der Waals surface area contributed by atoms with E-state index in [0.29, 0.717) is 17.5 Å². The Morgan fingerprint density at radius 1 is 1.09 bits per heavy atom. The van der Waals surface area contributed by atoms with E-state index < -0.39 is 10.8 Å². The maximum atomic E-state index is 12.5. The molecule has 0 fully saturated rings. The van der Waals surface area contributed by atoms with Crippen LogP contribution < -0.4 is 5.32 Å². The minimum Gasteiger partial charge on any atom is -0.320 e. The van der Waals surface area contributed by atoms with Gasteiger partial charge in [0.2, 0.25) is 5.91 Å². The van der Waals surface area contributed by atoms with Crippen molar-refractivity contribution in [3.8, 4) is 11.4 Å². The Morgan fingerprint density at radius 2 is 1.85 bits per heavy atom. The van der Waals surface area contributed by atoms with E-state index in [1.54, 1.807) is 12.4 Å². The number of hydrogen-bond acceptors (Lipinski definition) is 7. The molecule has 0 saturated heterocycles. The van der Waals surface area contributed by atoms with Gasteiger partial charge in [-0.1, -0.05) is 53.7 Å². The quantitative estimate of drug-likeness (QED) is 0.221. The monoisotopic (exact) mass is 480 g/mol. The summed E-state index contributed by atoms with van der Waals surface area (Å²) in [5.41, 5.74) is 1.71. The maximum absolute atomic E-state index is 12.5. The van der Waals surface area contributed by atoms with E-state index >= 15 is 0 Å². The molecular formula is C22H17ClN6O3S. The van der Waals surface area contributed by atoms with Gasteiger partial charge in [0.15, 0.2) is 11.0 Å². The summed E-state index contributed by atoms with van der Waals surface area (Å²) in [5.74, 6) is 0.228. The molecule has 166 valence electrons. The molecule has 4 aromatic rings. The van der Waals surface area contributed by atoms with E-state index in [1.165, 1.54) is 30.0 Å². The normalized spacial score (nSPS) is 10.7. The van der Waals surface area contributed by atoms with E-state index in [2.05, 4.69) is 20.5 Å². The number of anilines is 1. The Hall–Kier alpha value is -3.76. The number of rotatable bonds is 8. The fourth-order valence-electron chi connectivity index (χ4n) is 3.10. The lowest BCUT2D eigenvalue weighted by atomic mass is 10.2. The summed E-state index contributed by atoms with van der Waals surface area (Å²) in [6.45, 7) is 0.512. The number of aromatic nitrogens is 4. The number of carbonyl (C=O) groups is 1. The van der Waals surface area contributed by atoms with Crippen LogP contribution in [0, 0.1) is 10.1 Å². The first-order valence-corrected chi connectivity index (χ1v) is 11.1. The van der Waals surface area contributed by atoms with Gasteiger partial charge in [0.1, 0.15) is 5.69 Å². The number of nitrogens with one attached hydrogen (secondary N) is 1. The lowest BCUT2D eigenvalue weighted by Crippen LogP contribution is -2.16. The van der Waals surface area contributed by atoms with Gasteiger partial charge in [-0.2, -0.15) is 0 Å². The molecule has 0 aliphatic rings. The number of halogens is 1. The largest absolute Gasteiger partial charge is 0.320 e. The highest BCUT2D eigenvalue weighted by Gasteiger charge is 2.19. The van der Waals surface area contributed by atoms with E-state index in [4.69, 9.17) is 11.6 Å². The number of benzene rings is 2. The highest BCUT2D eigenvalue weighted by molar-refractivity contribution is 7.99. The number of nitro groups is 1. The standard InChI is InChI=1S/C22H17ClN6O3S/c23-17-6-7-18(19(12-17)29(31)32)25-20(30)14-33-22-27-26-21(16-8-10-24-11-9-16)28(22)13-15-4-2-1-3-5-15/h1-12H,13-14H2,(H,25,30). The molecule has 9 nitrogen and oxygen atoms in total. The van der Waals surface area contributed by atoms with Crippen molar-refractivity contribution in [1.29, 1.82) is 0 Å². The van der Waals surface area contributed by atoms with E-state index in [1.807, 2.05) is 47.0 Å². The van der Waals surface area contributed by atoms with E-state index in [9.17, 15) is 14.9 Å². The SMILES string of the molecule is O=C(CSc1nnc(-c2ccncc2)n1Cc1ccccc1)Nc1ccc(Cl)cc1[N+](=O)[O-].